The molecule has 0 saturated carbocycles. The SMILES string of the molecule is C[C@@H](N)[C@H](O)C1=CCCC=C1. The van der Waals surface area contributed by atoms with Crippen LogP contribution in [-0.4, -0.2) is 17.3 Å². The van der Waals surface area contributed by atoms with E-state index < -0.39 is 6.10 Å². The molecule has 0 bridgehead atoms. The highest BCUT2D eigenvalue weighted by atomic mass is 16.3. The zero-order valence-corrected chi connectivity index (χ0v) is 6.83. The predicted octanol–water partition coefficient (Wildman–Crippen LogP) is 0.971. The number of allylic oxidation sites excluding steroid dienone is 2. The van der Waals surface area contributed by atoms with Gasteiger partial charge in [0.2, 0.25) is 0 Å². The van der Waals surface area contributed by atoms with Crippen LogP contribution in [0.25, 0.3) is 0 Å². The molecular weight excluding hydrogens is 138 g/mol. The summed E-state index contributed by atoms with van der Waals surface area (Å²) in [4.78, 5) is 0. The summed E-state index contributed by atoms with van der Waals surface area (Å²) in [6.07, 6.45) is 7.68. The van der Waals surface area contributed by atoms with Gasteiger partial charge in [0.25, 0.3) is 0 Å². The van der Waals surface area contributed by atoms with Crippen molar-refractivity contribution in [1.29, 1.82) is 0 Å². The number of rotatable bonds is 2. The van der Waals surface area contributed by atoms with Crippen LogP contribution in [0.2, 0.25) is 0 Å². The standard InChI is InChI=1S/C9H15NO/c1-7(10)9(11)8-5-3-2-4-6-8/h3,5-7,9,11H,2,4,10H2,1H3/t7-,9+/m1/s1. The van der Waals surface area contributed by atoms with Gasteiger partial charge in [-0.3, -0.25) is 0 Å². The number of hydrogen-bond acceptors (Lipinski definition) is 2. The monoisotopic (exact) mass is 153 g/mol. The van der Waals surface area contributed by atoms with Gasteiger partial charge >= 0.3 is 0 Å². The summed E-state index contributed by atoms with van der Waals surface area (Å²) in [5.41, 5.74) is 6.51. The molecule has 0 aromatic carbocycles. The molecule has 2 atom stereocenters. The van der Waals surface area contributed by atoms with Gasteiger partial charge in [0.15, 0.2) is 0 Å². The van der Waals surface area contributed by atoms with Gasteiger partial charge in [-0.2, -0.15) is 0 Å². The van der Waals surface area contributed by atoms with Crippen molar-refractivity contribution >= 4 is 0 Å². The third-order valence-corrected chi connectivity index (χ3v) is 1.86. The number of aliphatic hydroxyl groups excluding tert-OH is 1. The summed E-state index contributed by atoms with van der Waals surface area (Å²) < 4.78 is 0. The Morgan fingerprint density at radius 2 is 2.27 bits per heavy atom. The van der Waals surface area contributed by atoms with Crippen LogP contribution < -0.4 is 5.73 Å². The third kappa shape index (κ3) is 2.17. The Bertz CT molecular complexity index is 182. The molecule has 2 nitrogen and oxygen atoms in total. The van der Waals surface area contributed by atoms with Crippen molar-refractivity contribution in [3.63, 3.8) is 0 Å². The van der Waals surface area contributed by atoms with E-state index in [1.54, 1.807) is 0 Å². The van der Waals surface area contributed by atoms with Crippen molar-refractivity contribution in [3.8, 4) is 0 Å². The Morgan fingerprint density at radius 1 is 1.55 bits per heavy atom. The average molecular weight is 153 g/mol. The lowest BCUT2D eigenvalue weighted by atomic mass is 9.98. The maximum Gasteiger partial charge on any atom is 0.0934 e. The highest BCUT2D eigenvalue weighted by molar-refractivity contribution is 5.26. The van der Waals surface area contributed by atoms with Crippen LogP contribution in [0, 0.1) is 0 Å². The first-order chi connectivity index (χ1) is 5.22. The summed E-state index contributed by atoms with van der Waals surface area (Å²) in [7, 11) is 0. The predicted molar refractivity (Wildman–Crippen MR) is 46.1 cm³/mol. The zero-order valence-electron chi connectivity index (χ0n) is 6.83. The molecule has 62 valence electrons. The van der Waals surface area contributed by atoms with E-state index in [0.29, 0.717) is 0 Å². The molecule has 1 rings (SSSR count). The largest absolute Gasteiger partial charge is 0.387 e. The molecule has 0 fully saturated rings. The van der Waals surface area contributed by atoms with E-state index in [0.717, 1.165) is 18.4 Å². The van der Waals surface area contributed by atoms with Gasteiger partial charge in [-0.25, -0.2) is 0 Å². The van der Waals surface area contributed by atoms with Crippen LogP contribution in [0.4, 0.5) is 0 Å². The van der Waals surface area contributed by atoms with Gasteiger partial charge in [-0.1, -0.05) is 18.2 Å². The summed E-state index contributed by atoms with van der Waals surface area (Å²) >= 11 is 0. The van der Waals surface area contributed by atoms with E-state index >= 15 is 0 Å². The first-order valence-corrected chi connectivity index (χ1v) is 4.02. The van der Waals surface area contributed by atoms with Crippen LogP contribution >= 0.6 is 0 Å². The van der Waals surface area contributed by atoms with Crippen LogP contribution in [0.15, 0.2) is 23.8 Å². The van der Waals surface area contributed by atoms with Crippen molar-refractivity contribution in [2.75, 3.05) is 0 Å². The smallest absolute Gasteiger partial charge is 0.0934 e. The maximum absolute atomic E-state index is 9.51. The molecule has 0 heterocycles. The molecule has 2 heteroatoms. The highest BCUT2D eigenvalue weighted by Crippen LogP contribution is 2.14. The summed E-state index contributed by atoms with van der Waals surface area (Å²) in [6.45, 7) is 1.81. The van der Waals surface area contributed by atoms with E-state index in [1.807, 2.05) is 19.1 Å². The lowest BCUT2D eigenvalue weighted by molar-refractivity contribution is 0.189. The lowest BCUT2D eigenvalue weighted by Crippen LogP contribution is -2.32. The molecular formula is C9H15NO. The number of nitrogens with two attached hydrogens (primary N) is 1. The molecule has 0 aromatic rings. The van der Waals surface area contributed by atoms with Gasteiger partial charge in [-0.15, -0.1) is 0 Å². The van der Waals surface area contributed by atoms with E-state index in [-0.39, 0.29) is 6.04 Å². The fourth-order valence-corrected chi connectivity index (χ4v) is 1.16. The fraction of sp³-hybridized carbons (Fsp3) is 0.556. The fourth-order valence-electron chi connectivity index (χ4n) is 1.16. The molecule has 0 aliphatic heterocycles. The molecule has 11 heavy (non-hydrogen) atoms. The van der Waals surface area contributed by atoms with E-state index in [9.17, 15) is 5.11 Å². The quantitative estimate of drug-likeness (QED) is 0.621. The van der Waals surface area contributed by atoms with Crippen molar-refractivity contribution < 1.29 is 5.11 Å². The first kappa shape index (κ1) is 8.50. The van der Waals surface area contributed by atoms with Crippen LogP contribution in [0.5, 0.6) is 0 Å². The second kappa shape index (κ2) is 3.69. The van der Waals surface area contributed by atoms with Gasteiger partial charge in [0.1, 0.15) is 0 Å². The van der Waals surface area contributed by atoms with E-state index in [2.05, 4.69) is 6.08 Å². The van der Waals surface area contributed by atoms with Gasteiger partial charge in [-0.05, 0) is 25.3 Å². The number of aliphatic hydroxyl groups is 1. The first-order valence-electron chi connectivity index (χ1n) is 4.02. The van der Waals surface area contributed by atoms with Crippen LogP contribution in [-0.2, 0) is 0 Å². The second-order valence-electron chi connectivity index (χ2n) is 2.99. The van der Waals surface area contributed by atoms with Crippen molar-refractivity contribution in [2.45, 2.75) is 31.9 Å². The summed E-state index contributed by atoms with van der Waals surface area (Å²) in [6, 6.07) is -0.177. The average Bonchev–Trinajstić information content (AvgIpc) is 2.05. The Balaban J connectivity index is 2.59. The molecule has 0 unspecified atom stereocenters. The summed E-state index contributed by atoms with van der Waals surface area (Å²) in [5.74, 6) is 0. The Morgan fingerprint density at radius 3 is 2.73 bits per heavy atom. The Hall–Kier alpha value is -0.600. The molecule has 1 aliphatic rings. The van der Waals surface area contributed by atoms with Crippen molar-refractivity contribution in [3.05, 3.63) is 23.8 Å². The third-order valence-electron chi connectivity index (χ3n) is 1.86. The van der Waals surface area contributed by atoms with Crippen LogP contribution in [0.3, 0.4) is 0 Å². The molecule has 1 aliphatic carbocycles. The minimum atomic E-state index is -0.494. The second-order valence-corrected chi connectivity index (χ2v) is 2.99. The topological polar surface area (TPSA) is 46.2 Å². The maximum atomic E-state index is 9.51. The van der Waals surface area contributed by atoms with Crippen LogP contribution in [0.1, 0.15) is 19.8 Å². The van der Waals surface area contributed by atoms with Crippen molar-refractivity contribution in [1.82, 2.24) is 0 Å². The minimum absolute atomic E-state index is 0.177. The van der Waals surface area contributed by atoms with Crippen molar-refractivity contribution in [2.24, 2.45) is 5.73 Å². The summed E-state index contributed by atoms with van der Waals surface area (Å²) in [5, 5.41) is 9.51. The molecule has 3 N–H and O–H groups in total. The minimum Gasteiger partial charge on any atom is -0.387 e. The van der Waals surface area contributed by atoms with E-state index in [1.165, 1.54) is 0 Å². The van der Waals surface area contributed by atoms with Gasteiger partial charge in [0, 0.05) is 6.04 Å². The van der Waals surface area contributed by atoms with Gasteiger partial charge in [0.05, 0.1) is 6.10 Å². The van der Waals surface area contributed by atoms with Gasteiger partial charge < -0.3 is 10.8 Å². The van der Waals surface area contributed by atoms with E-state index in [4.69, 9.17) is 5.73 Å². The highest BCUT2D eigenvalue weighted by Gasteiger charge is 2.13. The number of hydrogen-bond donors (Lipinski definition) is 2. The lowest BCUT2D eigenvalue weighted by Gasteiger charge is -2.17. The molecule has 0 saturated heterocycles. The Kier molecular flexibility index (Phi) is 2.85. The molecule has 0 amide bonds. The Labute approximate surface area is 67.4 Å². The normalized spacial score (nSPS) is 22.6. The molecule has 0 aromatic heterocycles. The zero-order chi connectivity index (χ0) is 8.27. The molecule has 0 radical (unpaired) electrons. The molecule has 0 spiro atoms.